The zero-order valence-corrected chi connectivity index (χ0v) is 18.2. The lowest BCUT2D eigenvalue weighted by atomic mass is 9.84. The number of nitrogens with zero attached hydrogens (tertiary/aromatic N) is 2. The first-order valence-electron chi connectivity index (χ1n) is 9.91. The van der Waals surface area contributed by atoms with Crippen LogP contribution in [0, 0.1) is 11.8 Å². The van der Waals surface area contributed by atoms with E-state index in [0.717, 1.165) is 39.0 Å². The lowest BCUT2D eigenvalue weighted by Crippen LogP contribution is -2.49. The van der Waals surface area contributed by atoms with E-state index in [2.05, 4.69) is 47.5 Å². The summed E-state index contributed by atoms with van der Waals surface area (Å²) in [6.45, 7) is 6.52. The van der Waals surface area contributed by atoms with Crippen molar-refractivity contribution in [2.75, 3.05) is 38.1 Å². The summed E-state index contributed by atoms with van der Waals surface area (Å²) >= 11 is 0. The second-order valence-corrected chi connectivity index (χ2v) is 7.85. The number of rotatable bonds is 5. The summed E-state index contributed by atoms with van der Waals surface area (Å²) in [7, 11) is 2.01. The maximum atomic E-state index is 12.8. The number of carbonyl (C=O) groups is 1. The summed E-state index contributed by atoms with van der Waals surface area (Å²) in [5.74, 6) is 1.52. The van der Waals surface area contributed by atoms with E-state index in [0.29, 0.717) is 30.2 Å². The Bertz CT molecular complexity index is 552. The van der Waals surface area contributed by atoms with Crippen LogP contribution in [0.1, 0.15) is 39.0 Å². The predicted molar refractivity (Wildman–Crippen MR) is 118 cm³/mol. The van der Waals surface area contributed by atoms with Crippen molar-refractivity contribution in [3.63, 3.8) is 0 Å². The molecule has 0 saturated carbocycles. The molecule has 0 aromatic heterocycles. The van der Waals surface area contributed by atoms with Gasteiger partial charge in [0.1, 0.15) is 0 Å². The van der Waals surface area contributed by atoms with Gasteiger partial charge in [-0.25, -0.2) is 0 Å². The number of carbonyl (C=O) groups excluding carboxylic acids is 1. The molecule has 2 atom stereocenters. The number of nitrogens with one attached hydrogen (secondary N) is 1. The molecule has 2 unspecified atom stereocenters. The van der Waals surface area contributed by atoms with Crippen LogP contribution in [-0.4, -0.2) is 50.1 Å². The van der Waals surface area contributed by atoms with Crippen molar-refractivity contribution in [2.24, 2.45) is 11.8 Å². The highest BCUT2D eigenvalue weighted by Crippen LogP contribution is 2.26. The van der Waals surface area contributed by atoms with Crippen LogP contribution >= 0.6 is 24.8 Å². The summed E-state index contributed by atoms with van der Waals surface area (Å²) < 4.78 is 0. The Hall–Kier alpha value is -0.970. The van der Waals surface area contributed by atoms with Crippen LogP contribution in [-0.2, 0) is 4.79 Å². The largest absolute Gasteiger partial charge is 0.369 e. The van der Waals surface area contributed by atoms with Crippen LogP contribution in [0.4, 0.5) is 5.69 Å². The standard InChI is InChI=1S/C21H33N3O.2ClH/c1-17(18-10-12-22-13-11-18)15-21(25)23(2)20-9-6-14-24(16-20)19-7-4-3-5-8-19;;/h3-5,7-8,17-18,20,22H,6,9-16H2,1-2H3;2*1H. The van der Waals surface area contributed by atoms with Crippen LogP contribution in [0.2, 0.25) is 0 Å². The maximum Gasteiger partial charge on any atom is 0.222 e. The van der Waals surface area contributed by atoms with Crippen molar-refractivity contribution in [1.82, 2.24) is 10.2 Å². The molecule has 4 nitrogen and oxygen atoms in total. The van der Waals surface area contributed by atoms with E-state index < -0.39 is 0 Å². The van der Waals surface area contributed by atoms with Gasteiger partial charge in [0.25, 0.3) is 0 Å². The number of para-hydroxylation sites is 1. The van der Waals surface area contributed by atoms with E-state index in [1.807, 2.05) is 11.9 Å². The summed E-state index contributed by atoms with van der Waals surface area (Å²) in [5.41, 5.74) is 1.27. The van der Waals surface area contributed by atoms with Gasteiger partial charge >= 0.3 is 0 Å². The Morgan fingerprint density at radius 3 is 2.52 bits per heavy atom. The van der Waals surface area contributed by atoms with Crippen molar-refractivity contribution < 1.29 is 4.79 Å². The molecule has 3 rings (SSSR count). The minimum Gasteiger partial charge on any atom is -0.369 e. The molecule has 1 N–H and O–H groups in total. The number of amides is 1. The van der Waals surface area contributed by atoms with Crippen molar-refractivity contribution in [1.29, 1.82) is 0 Å². The fraction of sp³-hybridized carbons (Fsp3) is 0.667. The van der Waals surface area contributed by atoms with Gasteiger partial charge in [-0.1, -0.05) is 25.1 Å². The minimum atomic E-state index is 0. The van der Waals surface area contributed by atoms with Gasteiger partial charge in [-0.05, 0) is 62.7 Å². The Morgan fingerprint density at radius 2 is 1.85 bits per heavy atom. The number of anilines is 1. The normalized spacial score (nSPS) is 21.6. The highest BCUT2D eigenvalue weighted by molar-refractivity contribution is 5.85. The molecule has 0 radical (unpaired) electrons. The van der Waals surface area contributed by atoms with E-state index in [1.165, 1.54) is 18.5 Å². The van der Waals surface area contributed by atoms with Gasteiger partial charge in [0, 0.05) is 38.3 Å². The molecular formula is C21H35Cl2N3O. The average molecular weight is 416 g/mol. The highest BCUT2D eigenvalue weighted by Gasteiger charge is 2.28. The molecule has 1 aromatic rings. The van der Waals surface area contributed by atoms with Gasteiger partial charge < -0.3 is 15.1 Å². The predicted octanol–water partition coefficient (Wildman–Crippen LogP) is 3.98. The summed E-state index contributed by atoms with van der Waals surface area (Å²) in [5, 5.41) is 3.42. The van der Waals surface area contributed by atoms with Crippen LogP contribution in [0.15, 0.2) is 30.3 Å². The molecule has 6 heteroatoms. The second kappa shape index (κ2) is 11.8. The zero-order chi connectivity index (χ0) is 17.6. The van der Waals surface area contributed by atoms with E-state index in [-0.39, 0.29) is 24.8 Å². The third-order valence-corrected chi connectivity index (χ3v) is 6.14. The number of hydrogen-bond donors (Lipinski definition) is 1. The Morgan fingerprint density at radius 1 is 1.19 bits per heavy atom. The number of piperidine rings is 2. The summed E-state index contributed by atoms with van der Waals surface area (Å²) in [4.78, 5) is 17.3. The van der Waals surface area contributed by atoms with Gasteiger partial charge in [0.2, 0.25) is 5.91 Å². The lowest BCUT2D eigenvalue weighted by molar-refractivity contribution is -0.133. The topological polar surface area (TPSA) is 35.6 Å². The van der Waals surface area contributed by atoms with Gasteiger partial charge in [0.15, 0.2) is 0 Å². The SMILES string of the molecule is CC(CC(=O)N(C)C1CCCN(c2ccccc2)C1)C1CCNCC1.Cl.Cl. The zero-order valence-electron chi connectivity index (χ0n) is 16.6. The molecule has 0 aliphatic carbocycles. The Kier molecular flexibility index (Phi) is 10.5. The van der Waals surface area contributed by atoms with Gasteiger partial charge in [-0.3, -0.25) is 4.79 Å². The maximum absolute atomic E-state index is 12.8. The minimum absolute atomic E-state index is 0. The Balaban J connectivity index is 0.00000182. The third-order valence-electron chi connectivity index (χ3n) is 6.14. The van der Waals surface area contributed by atoms with E-state index >= 15 is 0 Å². The molecule has 2 aliphatic rings. The van der Waals surface area contributed by atoms with Crippen molar-refractivity contribution >= 4 is 36.4 Å². The quantitative estimate of drug-likeness (QED) is 0.789. The Labute approximate surface area is 176 Å². The van der Waals surface area contributed by atoms with Gasteiger partial charge in [-0.15, -0.1) is 24.8 Å². The number of likely N-dealkylation sites (N-methyl/N-ethyl adjacent to an activating group) is 1. The average Bonchev–Trinajstić information content (AvgIpc) is 2.68. The molecule has 0 bridgehead atoms. The van der Waals surface area contributed by atoms with Crippen LogP contribution in [0.3, 0.4) is 0 Å². The van der Waals surface area contributed by atoms with Gasteiger partial charge in [0.05, 0.1) is 0 Å². The van der Waals surface area contributed by atoms with E-state index in [1.54, 1.807) is 0 Å². The third kappa shape index (κ3) is 6.55. The fourth-order valence-corrected chi connectivity index (χ4v) is 4.35. The van der Waals surface area contributed by atoms with Crippen molar-refractivity contribution in [3.8, 4) is 0 Å². The van der Waals surface area contributed by atoms with E-state index in [9.17, 15) is 4.79 Å². The molecule has 27 heavy (non-hydrogen) atoms. The fourth-order valence-electron chi connectivity index (χ4n) is 4.35. The molecule has 1 aromatic carbocycles. The first-order chi connectivity index (χ1) is 12.1. The number of halogens is 2. The molecular weight excluding hydrogens is 381 g/mol. The molecule has 154 valence electrons. The van der Waals surface area contributed by atoms with Crippen molar-refractivity contribution in [3.05, 3.63) is 30.3 Å². The first kappa shape index (κ1) is 24.1. The molecule has 2 fully saturated rings. The van der Waals surface area contributed by atoms with Crippen LogP contribution in [0.25, 0.3) is 0 Å². The molecule has 0 spiro atoms. The second-order valence-electron chi connectivity index (χ2n) is 7.85. The molecule has 2 saturated heterocycles. The van der Waals surface area contributed by atoms with Crippen LogP contribution in [0.5, 0.6) is 0 Å². The first-order valence-corrected chi connectivity index (χ1v) is 9.91. The molecule has 2 aliphatic heterocycles. The summed E-state index contributed by atoms with van der Waals surface area (Å²) in [6, 6.07) is 10.9. The highest BCUT2D eigenvalue weighted by atomic mass is 35.5. The number of benzene rings is 1. The lowest BCUT2D eigenvalue weighted by Gasteiger charge is -2.39. The molecule has 1 amide bonds. The van der Waals surface area contributed by atoms with E-state index in [4.69, 9.17) is 0 Å². The van der Waals surface area contributed by atoms with Crippen molar-refractivity contribution in [2.45, 2.75) is 45.1 Å². The van der Waals surface area contributed by atoms with Gasteiger partial charge in [-0.2, -0.15) is 0 Å². The number of hydrogen-bond acceptors (Lipinski definition) is 3. The smallest absolute Gasteiger partial charge is 0.222 e. The summed E-state index contributed by atoms with van der Waals surface area (Å²) in [6.07, 6.45) is 5.39. The van der Waals surface area contributed by atoms with Crippen LogP contribution < -0.4 is 10.2 Å². The molecule has 2 heterocycles. The monoisotopic (exact) mass is 415 g/mol.